The van der Waals surface area contributed by atoms with Crippen molar-refractivity contribution >= 4 is 38.9 Å². The first-order valence-corrected chi connectivity index (χ1v) is 6.04. The third-order valence-electron chi connectivity index (χ3n) is 1.88. The van der Waals surface area contributed by atoms with Crippen molar-refractivity contribution in [2.75, 3.05) is 0 Å². The fourth-order valence-electron chi connectivity index (χ4n) is 1.23. The van der Waals surface area contributed by atoms with Crippen molar-refractivity contribution in [3.05, 3.63) is 38.9 Å². The van der Waals surface area contributed by atoms with Crippen molar-refractivity contribution in [2.45, 2.75) is 6.92 Å². The molecule has 1 aromatic heterocycles. The molecule has 0 aliphatic heterocycles. The SMILES string of the molecule is Cc1nc(Cl)sc1-c1ccc(Br)cc1. The molecule has 0 saturated carbocycles. The fourth-order valence-corrected chi connectivity index (χ4v) is 2.65. The predicted octanol–water partition coefficient (Wildman–Crippen LogP) is 4.53. The first kappa shape index (κ1) is 10.1. The van der Waals surface area contributed by atoms with Crippen molar-refractivity contribution in [1.82, 2.24) is 4.98 Å². The lowest BCUT2D eigenvalue weighted by molar-refractivity contribution is 1.27. The average molecular weight is 289 g/mol. The highest BCUT2D eigenvalue weighted by molar-refractivity contribution is 9.10. The number of halogens is 2. The summed E-state index contributed by atoms with van der Waals surface area (Å²) in [5.74, 6) is 0. The monoisotopic (exact) mass is 287 g/mol. The van der Waals surface area contributed by atoms with Crippen LogP contribution in [0.2, 0.25) is 4.47 Å². The van der Waals surface area contributed by atoms with Crippen LogP contribution in [-0.2, 0) is 0 Å². The summed E-state index contributed by atoms with van der Waals surface area (Å²) in [7, 11) is 0. The standard InChI is InChI=1S/C10H7BrClNS/c1-6-9(14-10(12)13-6)7-2-4-8(11)5-3-7/h2-5H,1H3. The van der Waals surface area contributed by atoms with E-state index in [2.05, 4.69) is 33.0 Å². The Labute approximate surface area is 99.9 Å². The molecular formula is C10H7BrClNS. The van der Waals surface area contributed by atoms with Crippen molar-refractivity contribution < 1.29 is 0 Å². The Hall–Kier alpha value is -0.380. The zero-order valence-corrected chi connectivity index (χ0v) is 10.6. The van der Waals surface area contributed by atoms with Crippen LogP contribution in [-0.4, -0.2) is 4.98 Å². The molecule has 0 aliphatic carbocycles. The van der Waals surface area contributed by atoms with E-state index in [1.54, 1.807) is 0 Å². The minimum absolute atomic E-state index is 0.598. The second-order valence-electron chi connectivity index (χ2n) is 2.89. The minimum atomic E-state index is 0.598. The summed E-state index contributed by atoms with van der Waals surface area (Å²) in [5, 5.41) is 0. The van der Waals surface area contributed by atoms with Crippen LogP contribution in [0.1, 0.15) is 5.69 Å². The highest BCUT2D eigenvalue weighted by Crippen LogP contribution is 2.32. The molecule has 0 unspecified atom stereocenters. The van der Waals surface area contributed by atoms with Gasteiger partial charge in [-0.15, -0.1) is 11.3 Å². The molecule has 0 atom stereocenters. The zero-order valence-electron chi connectivity index (χ0n) is 7.42. The molecule has 1 aromatic carbocycles. The van der Waals surface area contributed by atoms with Crippen LogP contribution in [0.15, 0.2) is 28.7 Å². The highest BCUT2D eigenvalue weighted by Gasteiger charge is 2.07. The van der Waals surface area contributed by atoms with E-state index in [1.807, 2.05) is 19.1 Å². The molecule has 0 saturated heterocycles. The van der Waals surface area contributed by atoms with Crippen LogP contribution >= 0.6 is 38.9 Å². The summed E-state index contributed by atoms with van der Waals surface area (Å²) in [6.45, 7) is 1.97. The lowest BCUT2D eigenvalue weighted by Crippen LogP contribution is -1.76. The highest BCUT2D eigenvalue weighted by atomic mass is 79.9. The molecule has 0 amide bonds. The van der Waals surface area contributed by atoms with Gasteiger partial charge in [0.2, 0.25) is 0 Å². The van der Waals surface area contributed by atoms with Gasteiger partial charge in [-0.25, -0.2) is 4.98 Å². The van der Waals surface area contributed by atoms with Gasteiger partial charge in [-0.2, -0.15) is 0 Å². The van der Waals surface area contributed by atoms with Crippen molar-refractivity contribution in [3.8, 4) is 10.4 Å². The van der Waals surface area contributed by atoms with E-state index >= 15 is 0 Å². The van der Waals surface area contributed by atoms with Crippen molar-refractivity contribution in [2.24, 2.45) is 0 Å². The Morgan fingerprint density at radius 2 is 1.93 bits per heavy atom. The quantitative estimate of drug-likeness (QED) is 0.751. The predicted molar refractivity (Wildman–Crippen MR) is 65.0 cm³/mol. The van der Waals surface area contributed by atoms with E-state index in [9.17, 15) is 0 Å². The summed E-state index contributed by atoms with van der Waals surface area (Å²) < 4.78 is 1.68. The van der Waals surface area contributed by atoms with Gasteiger partial charge in [0.15, 0.2) is 4.47 Å². The largest absolute Gasteiger partial charge is 0.230 e. The number of rotatable bonds is 1. The van der Waals surface area contributed by atoms with Crippen LogP contribution in [0, 0.1) is 6.92 Å². The molecule has 0 N–H and O–H groups in total. The van der Waals surface area contributed by atoms with Crippen LogP contribution in [0.5, 0.6) is 0 Å². The maximum Gasteiger partial charge on any atom is 0.184 e. The molecule has 2 aromatic rings. The van der Waals surface area contributed by atoms with E-state index in [0.717, 1.165) is 20.6 Å². The van der Waals surface area contributed by atoms with E-state index in [0.29, 0.717) is 4.47 Å². The lowest BCUT2D eigenvalue weighted by Gasteiger charge is -1.97. The Morgan fingerprint density at radius 1 is 1.29 bits per heavy atom. The van der Waals surface area contributed by atoms with Crippen LogP contribution in [0.4, 0.5) is 0 Å². The Morgan fingerprint density at radius 3 is 2.43 bits per heavy atom. The molecule has 14 heavy (non-hydrogen) atoms. The van der Waals surface area contributed by atoms with E-state index in [4.69, 9.17) is 11.6 Å². The van der Waals surface area contributed by atoms with Gasteiger partial charge in [-0.1, -0.05) is 39.7 Å². The zero-order chi connectivity index (χ0) is 10.1. The van der Waals surface area contributed by atoms with Gasteiger partial charge in [0.25, 0.3) is 0 Å². The van der Waals surface area contributed by atoms with Crippen LogP contribution in [0.25, 0.3) is 10.4 Å². The number of thiazole rings is 1. The molecule has 72 valence electrons. The van der Waals surface area contributed by atoms with Crippen molar-refractivity contribution in [1.29, 1.82) is 0 Å². The molecule has 0 bridgehead atoms. The summed E-state index contributed by atoms with van der Waals surface area (Å²) in [5.41, 5.74) is 2.15. The third-order valence-corrected chi connectivity index (χ3v) is 3.72. The topological polar surface area (TPSA) is 12.9 Å². The second-order valence-corrected chi connectivity index (χ2v) is 5.39. The van der Waals surface area contributed by atoms with E-state index in [-0.39, 0.29) is 0 Å². The Bertz CT molecular complexity index is 450. The molecule has 1 nitrogen and oxygen atoms in total. The smallest absolute Gasteiger partial charge is 0.184 e. The Balaban J connectivity index is 2.49. The lowest BCUT2D eigenvalue weighted by atomic mass is 10.2. The maximum atomic E-state index is 5.84. The molecule has 0 aliphatic rings. The summed E-state index contributed by atoms with van der Waals surface area (Å²) in [6.07, 6.45) is 0. The number of aromatic nitrogens is 1. The molecule has 0 radical (unpaired) electrons. The molecule has 4 heteroatoms. The van der Waals surface area contributed by atoms with Crippen molar-refractivity contribution in [3.63, 3.8) is 0 Å². The number of hydrogen-bond donors (Lipinski definition) is 0. The van der Waals surface area contributed by atoms with Gasteiger partial charge >= 0.3 is 0 Å². The van der Waals surface area contributed by atoms with Gasteiger partial charge in [0, 0.05) is 4.47 Å². The number of hydrogen-bond acceptors (Lipinski definition) is 2. The van der Waals surface area contributed by atoms with Gasteiger partial charge in [0.05, 0.1) is 10.6 Å². The summed E-state index contributed by atoms with van der Waals surface area (Å²) in [4.78, 5) is 5.32. The second kappa shape index (κ2) is 4.01. The first-order valence-electron chi connectivity index (χ1n) is 4.05. The molecule has 0 fully saturated rings. The summed E-state index contributed by atoms with van der Waals surface area (Å²) >= 11 is 10.8. The molecule has 1 heterocycles. The third kappa shape index (κ3) is 2.00. The average Bonchev–Trinajstić information content (AvgIpc) is 2.47. The van der Waals surface area contributed by atoms with E-state index in [1.165, 1.54) is 11.3 Å². The van der Waals surface area contributed by atoms with Crippen LogP contribution < -0.4 is 0 Å². The van der Waals surface area contributed by atoms with Gasteiger partial charge in [-0.3, -0.25) is 0 Å². The molecule has 2 rings (SSSR count). The summed E-state index contributed by atoms with van der Waals surface area (Å²) in [6, 6.07) is 8.15. The van der Waals surface area contributed by atoms with Gasteiger partial charge in [0.1, 0.15) is 0 Å². The number of nitrogens with zero attached hydrogens (tertiary/aromatic N) is 1. The Kier molecular flexibility index (Phi) is 2.91. The first-order chi connectivity index (χ1) is 6.66. The molecule has 0 spiro atoms. The minimum Gasteiger partial charge on any atom is -0.230 e. The van der Waals surface area contributed by atoms with Gasteiger partial charge in [-0.05, 0) is 24.6 Å². The normalized spacial score (nSPS) is 10.5. The van der Waals surface area contributed by atoms with Crippen LogP contribution in [0.3, 0.4) is 0 Å². The molecular weight excluding hydrogens is 282 g/mol. The number of benzene rings is 1. The van der Waals surface area contributed by atoms with Gasteiger partial charge < -0.3 is 0 Å². The van der Waals surface area contributed by atoms with E-state index < -0.39 is 0 Å². The maximum absolute atomic E-state index is 5.84. The number of aryl methyl sites for hydroxylation is 1. The fraction of sp³-hybridized carbons (Fsp3) is 0.100.